The Morgan fingerprint density at radius 3 is 2.29 bits per heavy atom. The molecule has 5 N–H and O–H groups in total. The summed E-state index contributed by atoms with van der Waals surface area (Å²) in [5.74, 6) is -0.968. The third kappa shape index (κ3) is 4.69. The second-order valence-corrected chi connectivity index (χ2v) is 4.80. The van der Waals surface area contributed by atoms with Crippen LogP contribution < -0.4 is 5.73 Å². The van der Waals surface area contributed by atoms with Crippen LogP contribution >= 0.6 is 7.82 Å². The highest BCUT2D eigenvalue weighted by atomic mass is 31.2. The summed E-state index contributed by atoms with van der Waals surface area (Å²) in [7, 11) is -4.60. The van der Waals surface area contributed by atoms with Gasteiger partial charge in [0.2, 0.25) is 5.91 Å². The van der Waals surface area contributed by atoms with E-state index in [0.29, 0.717) is 0 Å². The van der Waals surface area contributed by atoms with Gasteiger partial charge in [0.1, 0.15) is 6.10 Å². The van der Waals surface area contributed by atoms with E-state index >= 15 is 0 Å². The molecular weight excluding hydrogens is 213 g/mol. The molecule has 0 aromatic heterocycles. The highest BCUT2D eigenvalue weighted by Crippen LogP contribution is 2.38. The molecule has 0 saturated heterocycles. The SMILES string of the molecule is CC(C)(COP(=O)(O)O)[C@H](O)C(N)=O. The summed E-state index contributed by atoms with van der Waals surface area (Å²) in [6, 6.07) is 0. The fourth-order valence-corrected chi connectivity index (χ4v) is 1.22. The number of hydrogen-bond donors (Lipinski definition) is 4. The van der Waals surface area contributed by atoms with Gasteiger partial charge in [0.15, 0.2) is 0 Å². The van der Waals surface area contributed by atoms with Crippen LogP contribution in [0, 0.1) is 5.41 Å². The van der Waals surface area contributed by atoms with E-state index in [2.05, 4.69) is 4.52 Å². The van der Waals surface area contributed by atoms with E-state index in [4.69, 9.17) is 15.5 Å². The zero-order valence-electron chi connectivity index (χ0n) is 7.88. The van der Waals surface area contributed by atoms with Crippen molar-refractivity contribution < 1.29 is 28.8 Å². The molecule has 1 atom stereocenters. The first-order valence-electron chi connectivity index (χ1n) is 3.74. The summed E-state index contributed by atoms with van der Waals surface area (Å²) < 4.78 is 14.5. The minimum atomic E-state index is -4.60. The normalized spacial score (nSPS) is 15.2. The molecule has 0 spiro atoms. The lowest BCUT2D eigenvalue weighted by Crippen LogP contribution is -2.43. The van der Waals surface area contributed by atoms with Gasteiger partial charge in [0, 0.05) is 5.41 Å². The summed E-state index contributed by atoms with van der Waals surface area (Å²) in [6.45, 7) is 2.33. The molecule has 0 bridgehead atoms. The molecule has 0 radical (unpaired) electrons. The van der Waals surface area contributed by atoms with Gasteiger partial charge in [-0.25, -0.2) is 4.57 Å². The van der Waals surface area contributed by atoms with Crippen LogP contribution in [0.1, 0.15) is 13.8 Å². The number of phosphoric acid groups is 1. The summed E-state index contributed by atoms with van der Waals surface area (Å²) in [4.78, 5) is 27.4. The number of carbonyl (C=O) groups is 1. The van der Waals surface area contributed by atoms with Crippen molar-refractivity contribution in [1.29, 1.82) is 0 Å². The Bertz CT molecular complexity index is 259. The summed E-state index contributed by atoms with van der Waals surface area (Å²) >= 11 is 0. The van der Waals surface area contributed by atoms with Crippen molar-refractivity contribution in [3.05, 3.63) is 0 Å². The van der Waals surface area contributed by atoms with Gasteiger partial charge in [-0.15, -0.1) is 0 Å². The monoisotopic (exact) mass is 227 g/mol. The summed E-state index contributed by atoms with van der Waals surface area (Å²) in [5.41, 5.74) is 3.68. The van der Waals surface area contributed by atoms with Gasteiger partial charge in [-0.2, -0.15) is 0 Å². The molecule has 0 rings (SSSR count). The second kappa shape index (κ2) is 4.37. The molecule has 0 aliphatic carbocycles. The van der Waals surface area contributed by atoms with Crippen LogP contribution in [0.25, 0.3) is 0 Å². The summed E-state index contributed by atoms with van der Waals surface area (Å²) in [5, 5.41) is 9.24. The smallest absolute Gasteiger partial charge is 0.383 e. The number of hydrogen-bond acceptors (Lipinski definition) is 4. The first-order valence-corrected chi connectivity index (χ1v) is 5.27. The van der Waals surface area contributed by atoms with Crippen LogP contribution in [0.2, 0.25) is 0 Å². The predicted octanol–water partition coefficient (Wildman–Crippen LogP) is -1.03. The average Bonchev–Trinajstić information content (AvgIpc) is 1.98. The molecule has 0 aromatic carbocycles. The van der Waals surface area contributed by atoms with Gasteiger partial charge in [0.05, 0.1) is 6.61 Å². The van der Waals surface area contributed by atoms with Crippen LogP contribution in [0.5, 0.6) is 0 Å². The third-order valence-corrected chi connectivity index (χ3v) is 2.08. The Hall–Kier alpha value is -0.460. The molecule has 0 aliphatic rings. The van der Waals surface area contributed by atoms with E-state index in [-0.39, 0.29) is 0 Å². The van der Waals surface area contributed by atoms with Crippen molar-refractivity contribution in [3.63, 3.8) is 0 Å². The zero-order chi connectivity index (χ0) is 11.6. The maximum atomic E-state index is 10.6. The van der Waals surface area contributed by atoms with E-state index in [9.17, 15) is 14.5 Å². The molecule has 0 saturated carbocycles. The molecule has 8 heteroatoms. The number of primary amides is 1. The number of carbonyl (C=O) groups excluding carboxylic acids is 1. The predicted molar refractivity (Wildman–Crippen MR) is 47.0 cm³/mol. The molecule has 1 amide bonds. The molecule has 0 aromatic rings. The highest BCUT2D eigenvalue weighted by molar-refractivity contribution is 7.46. The highest BCUT2D eigenvalue weighted by Gasteiger charge is 2.34. The molecule has 84 valence electrons. The Balaban J connectivity index is 4.35. The van der Waals surface area contributed by atoms with E-state index in [1.54, 1.807) is 0 Å². The number of rotatable bonds is 5. The van der Waals surface area contributed by atoms with Crippen molar-refractivity contribution in [2.75, 3.05) is 6.61 Å². The molecule has 0 fully saturated rings. The minimum Gasteiger partial charge on any atom is -0.383 e. The number of phosphoric ester groups is 1. The Morgan fingerprint density at radius 1 is 1.57 bits per heavy atom. The van der Waals surface area contributed by atoms with Gasteiger partial charge in [-0.3, -0.25) is 9.32 Å². The Labute approximate surface area is 81.1 Å². The first-order chi connectivity index (χ1) is 6.06. The van der Waals surface area contributed by atoms with Crippen molar-refractivity contribution in [1.82, 2.24) is 0 Å². The lowest BCUT2D eigenvalue weighted by atomic mass is 9.87. The lowest BCUT2D eigenvalue weighted by molar-refractivity contribution is -0.133. The van der Waals surface area contributed by atoms with E-state index in [1.165, 1.54) is 13.8 Å². The van der Waals surface area contributed by atoms with Crippen LogP contribution in [-0.2, 0) is 13.9 Å². The lowest BCUT2D eigenvalue weighted by Gasteiger charge is -2.27. The fourth-order valence-electron chi connectivity index (χ4n) is 0.714. The van der Waals surface area contributed by atoms with Gasteiger partial charge < -0.3 is 20.6 Å². The zero-order valence-corrected chi connectivity index (χ0v) is 8.77. The topological polar surface area (TPSA) is 130 Å². The third-order valence-electron chi connectivity index (χ3n) is 1.61. The van der Waals surface area contributed by atoms with Crippen LogP contribution in [0.15, 0.2) is 0 Å². The number of amides is 1. The number of nitrogens with two attached hydrogens (primary N) is 1. The molecule has 7 nitrogen and oxygen atoms in total. The molecule has 0 aliphatic heterocycles. The Kier molecular flexibility index (Phi) is 4.23. The summed E-state index contributed by atoms with van der Waals surface area (Å²) in [6.07, 6.45) is -1.52. The van der Waals surface area contributed by atoms with Gasteiger partial charge >= 0.3 is 7.82 Å². The van der Waals surface area contributed by atoms with E-state index in [1.807, 2.05) is 0 Å². The van der Waals surface area contributed by atoms with Crippen LogP contribution in [0.3, 0.4) is 0 Å². The van der Waals surface area contributed by atoms with Crippen LogP contribution in [0.4, 0.5) is 0 Å². The van der Waals surface area contributed by atoms with Gasteiger partial charge in [-0.1, -0.05) is 13.8 Å². The molecule has 0 heterocycles. The number of aliphatic hydroxyl groups is 1. The van der Waals surface area contributed by atoms with E-state index in [0.717, 1.165) is 0 Å². The van der Waals surface area contributed by atoms with Gasteiger partial charge in [-0.05, 0) is 0 Å². The van der Waals surface area contributed by atoms with E-state index < -0.39 is 31.9 Å². The van der Waals surface area contributed by atoms with Crippen molar-refractivity contribution in [3.8, 4) is 0 Å². The molecule has 14 heavy (non-hydrogen) atoms. The van der Waals surface area contributed by atoms with Crippen molar-refractivity contribution in [2.45, 2.75) is 20.0 Å². The molecule has 0 unspecified atom stereocenters. The fraction of sp³-hybridized carbons (Fsp3) is 0.833. The van der Waals surface area contributed by atoms with Gasteiger partial charge in [0.25, 0.3) is 0 Å². The standard InChI is InChI=1S/C6H14NO6P/c1-6(2,4(8)5(7)9)3-13-14(10,11)12/h4,8H,3H2,1-2H3,(H2,7,9)(H2,10,11,12)/t4-/m1/s1. The molecular formula is C6H14NO6P. The Morgan fingerprint density at radius 2 is 2.00 bits per heavy atom. The van der Waals surface area contributed by atoms with Crippen molar-refractivity contribution in [2.24, 2.45) is 11.1 Å². The first kappa shape index (κ1) is 13.5. The average molecular weight is 227 g/mol. The second-order valence-electron chi connectivity index (χ2n) is 3.56. The minimum absolute atomic E-state index is 0.471. The number of aliphatic hydroxyl groups excluding tert-OH is 1. The maximum absolute atomic E-state index is 10.6. The quantitative estimate of drug-likeness (QED) is 0.444. The van der Waals surface area contributed by atoms with Crippen LogP contribution in [-0.4, -0.2) is 33.5 Å². The largest absolute Gasteiger partial charge is 0.469 e. The van der Waals surface area contributed by atoms with Crippen molar-refractivity contribution >= 4 is 13.7 Å². The maximum Gasteiger partial charge on any atom is 0.469 e.